The molecule has 1 aromatic carbocycles. The second-order valence-corrected chi connectivity index (χ2v) is 9.93. The zero-order chi connectivity index (χ0) is 27.3. The van der Waals surface area contributed by atoms with Crippen molar-refractivity contribution in [2.75, 3.05) is 13.1 Å². The van der Waals surface area contributed by atoms with Crippen LogP contribution in [0.3, 0.4) is 0 Å². The van der Waals surface area contributed by atoms with Crippen LogP contribution < -0.4 is 10.5 Å². The average Bonchev–Trinajstić information content (AvgIpc) is 2.90. The maximum atomic E-state index is 13.1. The van der Waals surface area contributed by atoms with E-state index in [1.165, 1.54) is 12.1 Å². The van der Waals surface area contributed by atoms with E-state index in [0.717, 1.165) is 55.7 Å². The molecule has 1 aliphatic heterocycles. The number of alkyl halides is 3. The number of halogens is 3. The summed E-state index contributed by atoms with van der Waals surface area (Å²) in [5, 5.41) is 0. The van der Waals surface area contributed by atoms with Crippen LogP contribution in [0.4, 0.5) is 13.2 Å². The Morgan fingerprint density at radius 1 is 1.13 bits per heavy atom. The van der Waals surface area contributed by atoms with Crippen molar-refractivity contribution >= 4 is 5.91 Å². The lowest BCUT2D eigenvalue weighted by Crippen LogP contribution is -2.42. The van der Waals surface area contributed by atoms with Crippen LogP contribution in [0.5, 0.6) is 5.88 Å². The van der Waals surface area contributed by atoms with Crippen molar-refractivity contribution in [3.63, 3.8) is 0 Å². The highest BCUT2D eigenvalue weighted by Gasteiger charge is 2.33. The molecule has 2 N–H and O–H groups in total. The summed E-state index contributed by atoms with van der Waals surface area (Å²) in [5.41, 5.74) is 7.70. The quantitative estimate of drug-likeness (QED) is 0.384. The molecule has 38 heavy (non-hydrogen) atoms. The van der Waals surface area contributed by atoms with Gasteiger partial charge in [-0.25, -0.2) is 4.98 Å². The van der Waals surface area contributed by atoms with E-state index in [0.29, 0.717) is 23.4 Å². The number of ether oxygens (including phenoxy) is 1. The topological polar surface area (TPSA) is 81.3 Å². The molecule has 0 bridgehead atoms. The van der Waals surface area contributed by atoms with Crippen LogP contribution in [0.2, 0.25) is 0 Å². The Morgan fingerprint density at radius 2 is 1.84 bits per heavy atom. The number of aromatic nitrogens is 2. The first-order chi connectivity index (χ1) is 18.1. The van der Waals surface area contributed by atoms with Crippen molar-refractivity contribution < 1.29 is 22.7 Å². The summed E-state index contributed by atoms with van der Waals surface area (Å²) < 4.78 is 45.8. The predicted molar refractivity (Wildman–Crippen MR) is 139 cm³/mol. The molecule has 1 fully saturated rings. The Morgan fingerprint density at radius 3 is 2.47 bits per heavy atom. The molecule has 0 aliphatic carbocycles. The fraction of sp³-hybridized carbons (Fsp3) is 0.414. The average molecular weight is 527 g/mol. The third-order valence-corrected chi connectivity index (χ3v) is 7.30. The van der Waals surface area contributed by atoms with Crippen molar-refractivity contribution in [1.82, 2.24) is 14.9 Å². The van der Waals surface area contributed by atoms with Crippen molar-refractivity contribution in [3.05, 3.63) is 88.9 Å². The monoisotopic (exact) mass is 526 g/mol. The van der Waals surface area contributed by atoms with E-state index in [2.05, 4.69) is 21.8 Å². The zero-order valence-corrected chi connectivity index (χ0v) is 21.6. The number of benzene rings is 1. The largest absolute Gasteiger partial charge is 0.469 e. The van der Waals surface area contributed by atoms with Gasteiger partial charge in [0.05, 0.1) is 5.56 Å². The number of carbonyl (C=O) groups is 1. The molecule has 4 rings (SSSR count). The molecule has 0 radical (unpaired) electrons. The van der Waals surface area contributed by atoms with Gasteiger partial charge in [0.25, 0.3) is 0 Å². The van der Waals surface area contributed by atoms with Crippen LogP contribution in [0.25, 0.3) is 0 Å². The van der Waals surface area contributed by atoms with Gasteiger partial charge < -0.3 is 15.4 Å². The number of amides is 1. The second-order valence-electron chi connectivity index (χ2n) is 9.93. The normalized spacial score (nSPS) is 16.7. The molecule has 1 aliphatic rings. The van der Waals surface area contributed by atoms with Gasteiger partial charge in [-0.15, -0.1) is 0 Å². The summed E-state index contributed by atoms with van der Waals surface area (Å²) in [7, 11) is 0. The lowest BCUT2D eigenvalue weighted by molar-refractivity contribution is -0.137. The van der Waals surface area contributed by atoms with Gasteiger partial charge in [-0.2, -0.15) is 13.2 Å². The van der Waals surface area contributed by atoms with Crippen molar-refractivity contribution in [2.24, 2.45) is 11.7 Å². The van der Waals surface area contributed by atoms with Crippen molar-refractivity contribution in [3.8, 4) is 5.88 Å². The number of carbonyl (C=O) groups excluding carboxylic acids is 1. The molecule has 6 nitrogen and oxygen atoms in total. The lowest BCUT2D eigenvalue weighted by Gasteiger charge is -2.39. The molecule has 3 aromatic rings. The molecule has 3 heterocycles. The van der Waals surface area contributed by atoms with Crippen LogP contribution in [-0.4, -0.2) is 39.9 Å². The Hall–Kier alpha value is -3.46. The van der Waals surface area contributed by atoms with Crippen LogP contribution in [-0.2, 0) is 12.6 Å². The number of rotatable bonds is 9. The maximum Gasteiger partial charge on any atom is 0.416 e. The third-order valence-electron chi connectivity index (χ3n) is 7.30. The smallest absolute Gasteiger partial charge is 0.416 e. The van der Waals surface area contributed by atoms with E-state index < -0.39 is 23.8 Å². The highest BCUT2D eigenvalue weighted by atomic mass is 19.4. The fourth-order valence-electron chi connectivity index (χ4n) is 5.09. The number of hydrogen-bond donors (Lipinski definition) is 1. The van der Waals surface area contributed by atoms with E-state index in [1.54, 1.807) is 24.5 Å². The molecule has 2 unspecified atom stereocenters. The van der Waals surface area contributed by atoms with Gasteiger partial charge in [-0.3, -0.25) is 9.78 Å². The Labute approximate surface area is 221 Å². The minimum absolute atomic E-state index is 0.122. The minimum Gasteiger partial charge on any atom is -0.469 e. The summed E-state index contributed by atoms with van der Waals surface area (Å²) in [5.74, 6) is 0.137. The summed E-state index contributed by atoms with van der Waals surface area (Å²) in [4.78, 5) is 22.7. The predicted octanol–water partition coefficient (Wildman–Crippen LogP) is 5.76. The maximum absolute atomic E-state index is 13.1. The van der Waals surface area contributed by atoms with Gasteiger partial charge in [0.2, 0.25) is 11.8 Å². The SMILES string of the molecule is Cc1cccc(OC(c2ccc(C(F)(F)F)cc2)C2CCN(C(C)CCc3cnccc3C(N)=O)CC2)n1. The van der Waals surface area contributed by atoms with E-state index >= 15 is 0 Å². The highest BCUT2D eigenvalue weighted by Crippen LogP contribution is 2.37. The molecule has 9 heteroatoms. The molecule has 1 amide bonds. The number of primary amides is 1. The Bertz CT molecular complexity index is 1220. The van der Waals surface area contributed by atoms with Gasteiger partial charge in [0.15, 0.2) is 0 Å². The number of nitrogens with zero attached hydrogens (tertiary/aromatic N) is 3. The van der Waals surface area contributed by atoms with E-state index in [4.69, 9.17) is 10.5 Å². The van der Waals surface area contributed by atoms with Gasteiger partial charge in [0.1, 0.15) is 6.10 Å². The van der Waals surface area contributed by atoms with Crippen molar-refractivity contribution in [2.45, 2.75) is 57.9 Å². The van der Waals surface area contributed by atoms with Crippen molar-refractivity contribution in [1.29, 1.82) is 0 Å². The van der Waals surface area contributed by atoms with E-state index in [9.17, 15) is 18.0 Å². The summed E-state index contributed by atoms with van der Waals surface area (Å²) in [6.07, 6.45) is 1.69. The molecular weight excluding hydrogens is 493 g/mol. The molecular formula is C29H33F3N4O2. The van der Waals surface area contributed by atoms with Crippen LogP contribution in [0.1, 0.15) is 65.0 Å². The zero-order valence-electron chi connectivity index (χ0n) is 21.6. The first-order valence-electron chi connectivity index (χ1n) is 12.9. The fourth-order valence-corrected chi connectivity index (χ4v) is 5.09. The Kier molecular flexibility index (Phi) is 8.66. The Balaban J connectivity index is 1.43. The van der Waals surface area contributed by atoms with Gasteiger partial charge in [-0.1, -0.05) is 18.2 Å². The number of aryl methyl sites for hydroxylation is 2. The number of hydrogen-bond acceptors (Lipinski definition) is 5. The first kappa shape index (κ1) is 27.6. The summed E-state index contributed by atoms with van der Waals surface area (Å²) in [6, 6.07) is 12.7. The van der Waals surface area contributed by atoms with Crippen LogP contribution in [0.15, 0.2) is 60.9 Å². The van der Waals surface area contributed by atoms with Gasteiger partial charge >= 0.3 is 6.18 Å². The first-order valence-corrected chi connectivity index (χ1v) is 12.9. The molecule has 0 saturated carbocycles. The third kappa shape index (κ3) is 6.89. The molecule has 202 valence electrons. The van der Waals surface area contributed by atoms with Crippen LogP contribution in [0, 0.1) is 12.8 Å². The highest BCUT2D eigenvalue weighted by molar-refractivity contribution is 5.94. The number of likely N-dealkylation sites (tertiary alicyclic amines) is 1. The van der Waals surface area contributed by atoms with Crippen LogP contribution >= 0.6 is 0 Å². The number of pyridine rings is 2. The molecule has 1 saturated heterocycles. The minimum atomic E-state index is -4.39. The summed E-state index contributed by atoms with van der Waals surface area (Å²) in [6.45, 7) is 5.71. The lowest BCUT2D eigenvalue weighted by atomic mass is 9.86. The number of piperidine rings is 1. The number of nitrogens with two attached hydrogens (primary N) is 1. The second kappa shape index (κ2) is 11.9. The van der Waals surface area contributed by atoms with E-state index in [-0.39, 0.29) is 12.0 Å². The van der Waals surface area contributed by atoms with Gasteiger partial charge in [0, 0.05) is 41.7 Å². The molecule has 2 atom stereocenters. The molecule has 0 spiro atoms. The van der Waals surface area contributed by atoms with Gasteiger partial charge in [-0.05, 0) is 88.0 Å². The molecule has 2 aromatic heterocycles. The standard InChI is InChI=1S/C29H33F3N4O2/c1-19-4-3-5-26(35-19)38-27(21-8-10-24(11-9-21)29(30,31)32)22-13-16-36(17-14-22)20(2)6-7-23-18-34-15-12-25(23)28(33)37/h3-5,8-12,15,18,20,22,27H,6-7,13-14,16-17H2,1-2H3,(H2,33,37). The van der Waals surface area contributed by atoms with E-state index in [1.807, 2.05) is 19.1 Å². The summed E-state index contributed by atoms with van der Waals surface area (Å²) >= 11 is 0.